The molecule has 0 radical (unpaired) electrons. The first kappa shape index (κ1) is 17.9. The van der Waals surface area contributed by atoms with Gasteiger partial charge in [0.05, 0.1) is 12.0 Å². The first-order valence-corrected chi connectivity index (χ1v) is 9.04. The minimum absolute atomic E-state index is 0.0206. The maximum Gasteiger partial charge on any atom is 0.359 e. The Labute approximate surface area is 160 Å². The molecule has 0 spiro atoms. The van der Waals surface area contributed by atoms with Gasteiger partial charge in [-0.2, -0.15) is 5.10 Å². The van der Waals surface area contributed by atoms with Gasteiger partial charge >= 0.3 is 5.97 Å². The van der Waals surface area contributed by atoms with Gasteiger partial charge in [0.2, 0.25) is 0 Å². The third-order valence-corrected chi connectivity index (χ3v) is 4.71. The van der Waals surface area contributed by atoms with Crippen LogP contribution >= 0.6 is 0 Å². The monoisotopic (exact) mass is 378 g/mol. The third kappa shape index (κ3) is 3.15. The molecule has 0 aliphatic carbocycles. The lowest BCUT2D eigenvalue weighted by Gasteiger charge is -2.09. The molecule has 0 unspecified atom stereocenters. The van der Waals surface area contributed by atoms with Gasteiger partial charge in [-0.25, -0.2) is 9.48 Å². The summed E-state index contributed by atoms with van der Waals surface area (Å²) in [5.74, 6) is -0.265. The third-order valence-electron chi connectivity index (χ3n) is 4.71. The van der Waals surface area contributed by atoms with E-state index in [-0.39, 0.29) is 17.0 Å². The van der Waals surface area contributed by atoms with Crippen LogP contribution in [0.25, 0.3) is 10.8 Å². The molecule has 1 aromatic heterocycles. The average molecular weight is 378 g/mol. The molecular weight excluding hydrogens is 360 g/mol. The summed E-state index contributed by atoms with van der Waals surface area (Å²) in [5.41, 5.74) is 1.19. The number of hydrogen-bond acceptors (Lipinski definition) is 6. The van der Waals surface area contributed by atoms with Gasteiger partial charge < -0.3 is 9.47 Å². The second-order valence-corrected chi connectivity index (χ2v) is 6.44. The molecule has 0 atom stereocenters. The SMILES string of the molecule is CCn1nc(C(=O)OCC(=O)c2ccc3c(c2)CCO3)c2ccccc2c1=O. The highest BCUT2D eigenvalue weighted by Gasteiger charge is 2.20. The highest BCUT2D eigenvalue weighted by molar-refractivity contribution is 6.04. The lowest BCUT2D eigenvalue weighted by Crippen LogP contribution is -2.26. The Balaban J connectivity index is 1.56. The number of aromatic nitrogens is 2. The molecule has 0 N–H and O–H groups in total. The van der Waals surface area contributed by atoms with Crippen molar-refractivity contribution in [3.63, 3.8) is 0 Å². The van der Waals surface area contributed by atoms with E-state index in [1.807, 2.05) is 0 Å². The van der Waals surface area contributed by atoms with E-state index in [0.29, 0.717) is 29.5 Å². The molecule has 1 aliphatic heterocycles. The van der Waals surface area contributed by atoms with Crippen molar-refractivity contribution in [1.82, 2.24) is 9.78 Å². The lowest BCUT2D eigenvalue weighted by atomic mass is 10.1. The van der Waals surface area contributed by atoms with Crippen LogP contribution in [0, 0.1) is 0 Å². The summed E-state index contributed by atoms with van der Waals surface area (Å²) < 4.78 is 11.9. The van der Waals surface area contributed by atoms with Gasteiger partial charge in [0.15, 0.2) is 18.1 Å². The number of ketones is 1. The molecule has 0 saturated heterocycles. The Morgan fingerprint density at radius 2 is 1.96 bits per heavy atom. The van der Waals surface area contributed by atoms with E-state index in [1.54, 1.807) is 49.4 Å². The van der Waals surface area contributed by atoms with Crippen LogP contribution in [-0.4, -0.2) is 34.7 Å². The molecule has 0 amide bonds. The Hall–Kier alpha value is -3.48. The number of nitrogens with zero attached hydrogens (tertiary/aromatic N) is 2. The maximum atomic E-state index is 12.6. The zero-order valence-corrected chi connectivity index (χ0v) is 15.3. The van der Waals surface area contributed by atoms with Crippen molar-refractivity contribution in [3.05, 3.63) is 69.6 Å². The van der Waals surface area contributed by atoms with Crippen LogP contribution in [0.2, 0.25) is 0 Å². The Morgan fingerprint density at radius 3 is 2.75 bits per heavy atom. The minimum Gasteiger partial charge on any atom is -0.493 e. The predicted octanol–water partition coefficient (Wildman–Crippen LogP) is 2.39. The van der Waals surface area contributed by atoms with Gasteiger partial charge in [-0.15, -0.1) is 0 Å². The molecule has 0 fully saturated rings. The number of rotatable bonds is 5. The van der Waals surface area contributed by atoms with Crippen molar-refractivity contribution in [2.24, 2.45) is 0 Å². The zero-order chi connectivity index (χ0) is 19.7. The Bertz CT molecular complexity index is 1150. The molecule has 7 nitrogen and oxygen atoms in total. The number of esters is 1. The summed E-state index contributed by atoms with van der Waals surface area (Å²) in [5, 5.41) is 4.91. The number of Topliss-reactive ketones (excluding diaryl/α,β-unsaturated/α-hetero) is 1. The van der Waals surface area contributed by atoms with Crippen molar-refractivity contribution >= 4 is 22.5 Å². The highest BCUT2D eigenvalue weighted by atomic mass is 16.5. The number of ether oxygens (including phenoxy) is 2. The van der Waals surface area contributed by atoms with Crippen LogP contribution in [0.5, 0.6) is 5.75 Å². The first-order valence-electron chi connectivity index (χ1n) is 9.04. The smallest absolute Gasteiger partial charge is 0.359 e. The van der Waals surface area contributed by atoms with Crippen molar-refractivity contribution in [2.45, 2.75) is 19.9 Å². The van der Waals surface area contributed by atoms with Crippen LogP contribution in [-0.2, 0) is 17.7 Å². The number of benzene rings is 2. The van der Waals surface area contributed by atoms with Crippen LogP contribution in [0.1, 0.15) is 33.3 Å². The van der Waals surface area contributed by atoms with Crippen molar-refractivity contribution in [1.29, 1.82) is 0 Å². The van der Waals surface area contributed by atoms with E-state index in [0.717, 1.165) is 17.7 Å². The average Bonchev–Trinajstić information content (AvgIpc) is 3.20. The van der Waals surface area contributed by atoms with Crippen LogP contribution in [0.4, 0.5) is 0 Å². The molecule has 0 bridgehead atoms. The van der Waals surface area contributed by atoms with Gasteiger partial charge in [-0.1, -0.05) is 18.2 Å². The number of aryl methyl sites for hydroxylation is 1. The molecule has 142 valence electrons. The second kappa shape index (κ2) is 7.26. The lowest BCUT2D eigenvalue weighted by molar-refractivity contribution is 0.0468. The number of hydrogen-bond donors (Lipinski definition) is 0. The van der Waals surface area contributed by atoms with E-state index < -0.39 is 12.6 Å². The summed E-state index contributed by atoms with van der Waals surface area (Å²) in [6.07, 6.45) is 0.755. The van der Waals surface area contributed by atoms with Gasteiger partial charge in [0, 0.05) is 23.9 Å². The fraction of sp³-hybridized carbons (Fsp3) is 0.238. The molecule has 4 rings (SSSR count). The van der Waals surface area contributed by atoms with Crippen LogP contribution in [0.3, 0.4) is 0 Å². The number of fused-ring (bicyclic) bond motifs is 2. The quantitative estimate of drug-likeness (QED) is 0.500. The van der Waals surface area contributed by atoms with E-state index >= 15 is 0 Å². The number of carbonyl (C=O) groups is 2. The van der Waals surface area contributed by atoms with E-state index in [9.17, 15) is 14.4 Å². The zero-order valence-electron chi connectivity index (χ0n) is 15.3. The van der Waals surface area contributed by atoms with Gasteiger partial charge in [0.25, 0.3) is 5.56 Å². The molecular formula is C21H18N2O5. The second-order valence-electron chi connectivity index (χ2n) is 6.44. The van der Waals surface area contributed by atoms with Crippen molar-refractivity contribution < 1.29 is 19.1 Å². The van der Waals surface area contributed by atoms with Gasteiger partial charge in [-0.3, -0.25) is 9.59 Å². The normalized spacial score (nSPS) is 12.5. The van der Waals surface area contributed by atoms with Crippen LogP contribution < -0.4 is 10.3 Å². The van der Waals surface area contributed by atoms with Crippen molar-refractivity contribution in [2.75, 3.05) is 13.2 Å². The maximum absolute atomic E-state index is 12.6. The molecule has 1 aliphatic rings. The first-order chi connectivity index (χ1) is 13.6. The predicted molar refractivity (Wildman–Crippen MR) is 102 cm³/mol. The van der Waals surface area contributed by atoms with Gasteiger partial charge in [0.1, 0.15) is 5.75 Å². The summed E-state index contributed by atoms with van der Waals surface area (Å²) in [6.45, 7) is 2.28. The molecule has 7 heteroatoms. The fourth-order valence-electron chi connectivity index (χ4n) is 3.24. The van der Waals surface area contributed by atoms with Crippen molar-refractivity contribution in [3.8, 4) is 5.75 Å². The summed E-state index contributed by atoms with van der Waals surface area (Å²) in [7, 11) is 0. The molecule has 3 aromatic rings. The molecule has 2 heterocycles. The summed E-state index contributed by atoms with van der Waals surface area (Å²) in [4.78, 5) is 37.4. The van der Waals surface area contributed by atoms with E-state index in [2.05, 4.69) is 5.10 Å². The summed E-state index contributed by atoms with van der Waals surface area (Å²) >= 11 is 0. The topological polar surface area (TPSA) is 87.5 Å². The highest BCUT2D eigenvalue weighted by Crippen LogP contribution is 2.26. The molecule has 2 aromatic carbocycles. The Kier molecular flexibility index (Phi) is 4.65. The Morgan fingerprint density at radius 1 is 1.18 bits per heavy atom. The summed E-state index contributed by atoms with van der Waals surface area (Å²) in [6, 6.07) is 11.9. The standard InChI is InChI=1S/C21H18N2O5/c1-2-23-20(25)16-6-4-3-5-15(16)19(22-23)21(26)28-12-17(24)13-7-8-18-14(11-13)9-10-27-18/h3-8,11H,2,9-10,12H2,1H3. The fourth-order valence-corrected chi connectivity index (χ4v) is 3.24. The van der Waals surface area contributed by atoms with Crippen LogP contribution in [0.15, 0.2) is 47.3 Å². The largest absolute Gasteiger partial charge is 0.493 e. The molecule has 28 heavy (non-hydrogen) atoms. The van der Waals surface area contributed by atoms with E-state index in [1.165, 1.54) is 4.68 Å². The number of carbonyl (C=O) groups excluding carboxylic acids is 2. The minimum atomic E-state index is -0.740. The molecule has 0 saturated carbocycles. The van der Waals surface area contributed by atoms with E-state index in [4.69, 9.17) is 9.47 Å². The van der Waals surface area contributed by atoms with Gasteiger partial charge in [-0.05, 0) is 36.8 Å².